The first-order valence-electron chi connectivity index (χ1n) is 8.58. The van der Waals surface area contributed by atoms with Gasteiger partial charge in [-0.25, -0.2) is 18.3 Å². The van der Waals surface area contributed by atoms with Gasteiger partial charge in [0.15, 0.2) is 5.65 Å². The predicted octanol–water partition coefficient (Wildman–Crippen LogP) is 3.34. The molecule has 0 aliphatic carbocycles. The SMILES string of the molecule is Cc1cc2nccc(C3CCN(C(=O)c4ccc(F)cc4F)CC3)n2n1. The zero-order chi connectivity index (χ0) is 18.3. The van der Waals surface area contributed by atoms with Crippen LogP contribution in [0.15, 0.2) is 36.5 Å². The third-order valence-corrected chi connectivity index (χ3v) is 4.87. The molecule has 134 valence electrons. The van der Waals surface area contributed by atoms with Crippen LogP contribution in [0.1, 0.15) is 40.5 Å². The number of likely N-dealkylation sites (tertiary alicyclic amines) is 1. The van der Waals surface area contributed by atoms with Crippen molar-refractivity contribution in [1.82, 2.24) is 19.5 Å². The lowest BCUT2D eigenvalue weighted by atomic mass is 9.93. The van der Waals surface area contributed by atoms with Gasteiger partial charge < -0.3 is 4.90 Å². The molecule has 1 fully saturated rings. The molecule has 1 amide bonds. The fourth-order valence-electron chi connectivity index (χ4n) is 3.55. The van der Waals surface area contributed by atoms with E-state index in [2.05, 4.69) is 10.1 Å². The van der Waals surface area contributed by atoms with Crippen LogP contribution >= 0.6 is 0 Å². The molecule has 7 heteroatoms. The first-order chi connectivity index (χ1) is 12.5. The van der Waals surface area contributed by atoms with Crippen LogP contribution in [0.2, 0.25) is 0 Å². The van der Waals surface area contributed by atoms with E-state index in [0.717, 1.165) is 42.0 Å². The molecule has 0 unspecified atom stereocenters. The van der Waals surface area contributed by atoms with Crippen molar-refractivity contribution in [3.8, 4) is 0 Å². The van der Waals surface area contributed by atoms with Gasteiger partial charge in [0.05, 0.1) is 11.3 Å². The maximum atomic E-state index is 13.9. The minimum absolute atomic E-state index is 0.0844. The zero-order valence-electron chi connectivity index (χ0n) is 14.3. The van der Waals surface area contributed by atoms with E-state index in [1.807, 2.05) is 23.6 Å². The van der Waals surface area contributed by atoms with Crippen LogP contribution < -0.4 is 0 Å². The van der Waals surface area contributed by atoms with Gasteiger partial charge >= 0.3 is 0 Å². The lowest BCUT2D eigenvalue weighted by molar-refractivity contribution is 0.0707. The Hall–Kier alpha value is -2.83. The van der Waals surface area contributed by atoms with Crippen molar-refractivity contribution in [2.75, 3.05) is 13.1 Å². The van der Waals surface area contributed by atoms with E-state index in [-0.39, 0.29) is 11.5 Å². The quantitative estimate of drug-likeness (QED) is 0.708. The summed E-state index contributed by atoms with van der Waals surface area (Å²) >= 11 is 0. The first-order valence-corrected chi connectivity index (χ1v) is 8.58. The van der Waals surface area contributed by atoms with Crippen molar-refractivity contribution in [1.29, 1.82) is 0 Å². The number of rotatable bonds is 2. The van der Waals surface area contributed by atoms with Crippen molar-refractivity contribution >= 4 is 11.6 Å². The summed E-state index contributed by atoms with van der Waals surface area (Å²) in [6.45, 7) is 2.96. The van der Waals surface area contributed by atoms with Crippen LogP contribution in [0.25, 0.3) is 5.65 Å². The second-order valence-corrected chi connectivity index (χ2v) is 6.62. The number of aromatic nitrogens is 3. The largest absolute Gasteiger partial charge is 0.339 e. The Morgan fingerprint density at radius 2 is 1.92 bits per heavy atom. The van der Waals surface area contributed by atoms with E-state index in [0.29, 0.717) is 13.1 Å². The molecule has 1 aromatic carbocycles. The van der Waals surface area contributed by atoms with Gasteiger partial charge in [0.2, 0.25) is 0 Å². The molecule has 1 saturated heterocycles. The molecule has 0 saturated carbocycles. The normalized spacial score (nSPS) is 15.6. The highest BCUT2D eigenvalue weighted by molar-refractivity contribution is 5.94. The van der Waals surface area contributed by atoms with Crippen LogP contribution in [-0.4, -0.2) is 38.5 Å². The van der Waals surface area contributed by atoms with Gasteiger partial charge in [0, 0.05) is 43.0 Å². The average Bonchev–Trinajstić information content (AvgIpc) is 3.01. The third-order valence-electron chi connectivity index (χ3n) is 4.87. The Morgan fingerprint density at radius 1 is 1.15 bits per heavy atom. The number of aryl methyl sites for hydroxylation is 1. The molecule has 3 aromatic rings. The van der Waals surface area contributed by atoms with E-state index in [4.69, 9.17) is 0 Å². The summed E-state index contributed by atoms with van der Waals surface area (Å²) in [5, 5.41) is 4.50. The molecule has 0 atom stereocenters. The second-order valence-electron chi connectivity index (χ2n) is 6.62. The molecular weight excluding hydrogens is 338 g/mol. The smallest absolute Gasteiger partial charge is 0.256 e. The van der Waals surface area contributed by atoms with Crippen LogP contribution in [0.5, 0.6) is 0 Å². The highest BCUT2D eigenvalue weighted by Gasteiger charge is 2.27. The number of hydrogen-bond acceptors (Lipinski definition) is 3. The zero-order valence-corrected chi connectivity index (χ0v) is 14.3. The molecule has 2 aromatic heterocycles. The molecule has 0 bridgehead atoms. The Balaban J connectivity index is 1.51. The third kappa shape index (κ3) is 2.94. The number of amides is 1. The second kappa shape index (κ2) is 6.48. The summed E-state index contributed by atoms with van der Waals surface area (Å²) in [5.41, 5.74) is 2.71. The number of carbonyl (C=O) groups is 1. The Morgan fingerprint density at radius 3 is 2.65 bits per heavy atom. The lowest BCUT2D eigenvalue weighted by Crippen LogP contribution is -2.38. The molecule has 26 heavy (non-hydrogen) atoms. The van der Waals surface area contributed by atoms with Crippen LogP contribution in [0.3, 0.4) is 0 Å². The molecule has 1 aliphatic rings. The van der Waals surface area contributed by atoms with Gasteiger partial charge in [-0.3, -0.25) is 4.79 Å². The summed E-state index contributed by atoms with van der Waals surface area (Å²) in [6.07, 6.45) is 3.29. The van der Waals surface area contributed by atoms with E-state index in [1.165, 1.54) is 6.07 Å². The van der Waals surface area contributed by atoms with Gasteiger partial charge in [0.1, 0.15) is 11.6 Å². The molecule has 0 N–H and O–H groups in total. The molecule has 3 heterocycles. The minimum Gasteiger partial charge on any atom is -0.339 e. The number of carbonyl (C=O) groups excluding carboxylic acids is 1. The van der Waals surface area contributed by atoms with Crippen molar-refractivity contribution < 1.29 is 13.6 Å². The van der Waals surface area contributed by atoms with Gasteiger partial charge in [-0.05, 0) is 38.0 Å². The predicted molar refractivity (Wildman–Crippen MR) is 92.0 cm³/mol. The molecule has 1 aliphatic heterocycles. The minimum atomic E-state index is -0.819. The van der Waals surface area contributed by atoms with Crippen LogP contribution in [0.4, 0.5) is 8.78 Å². The fourth-order valence-corrected chi connectivity index (χ4v) is 3.55. The van der Waals surface area contributed by atoms with Gasteiger partial charge in [-0.15, -0.1) is 0 Å². The van der Waals surface area contributed by atoms with Gasteiger partial charge in [0.25, 0.3) is 5.91 Å². The standard InChI is InChI=1S/C19H18F2N4O/c1-12-10-18-22-7-4-17(25(18)23-12)13-5-8-24(9-6-13)19(26)15-3-2-14(20)11-16(15)21/h2-4,7,10-11,13H,5-6,8-9H2,1H3. The number of halogens is 2. The van der Waals surface area contributed by atoms with Crippen molar-refractivity contribution in [2.45, 2.75) is 25.7 Å². The van der Waals surface area contributed by atoms with Crippen molar-refractivity contribution in [3.05, 3.63) is 65.1 Å². The van der Waals surface area contributed by atoms with E-state index < -0.39 is 17.5 Å². The molecule has 0 spiro atoms. The number of fused-ring (bicyclic) bond motifs is 1. The van der Waals surface area contributed by atoms with Crippen LogP contribution in [0, 0.1) is 18.6 Å². The number of piperidine rings is 1. The summed E-state index contributed by atoms with van der Waals surface area (Å²) in [5.74, 6) is -1.65. The Kier molecular flexibility index (Phi) is 4.14. The number of hydrogen-bond donors (Lipinski definition) is 0. The maximum Gasteiger partial charge on any atom is 0.256 e. The number of benzene rings is 1. The van der Waals surface area contributed by atoms with E-state index in [1.54, 1.807) is 11.1 Å². The van der Waals surface area contributed by atoms with Crippen molar-refractivity contribution in [3.63, 3.8) is 0 Å². The summed E-state index contributed by atoms with van der Waals surface area (Å²) in [7, 11) is 0. The first kappa shape index (κ1) is 16.6. The van der Waals surface area contributed by atoms with Crippen LogP contribution in [-0.2, 0) is 0 Å². The lowest BCUT2D eigenvalue weighted by Gasteiger charge is -2.32. The van der Waals surface area contributed by atoms with E-state index >= 15 is 0 Å². The van der Waals surface area contributed by atoms with Gasteiger partial charge in [-0.2, -0.15) is 5.10 Å². The molecule has 5 nitrogen and oxygen atoms in total. The van der Waals surface area contributed by atoms with Crippen molar-refractivity contribution in [2.24, 2.45) is 0 Å². The van der Waals surface area contributed by atoms with Gasteiger partial charge in [-0.1, -0.05) is 0 Å². The highest BCUT2D eigenvalue weighted by Crippen LogP contribution is 2.29. The molecular formula is C19H18F2N4O. The topological polar surface area (TPSA) is 50.5 Å². The van der Waals surface area contributed by atoms with E-state index in [9.17, 15) is 13.6 Å². The Bertz CT molecular complexity index is 977. The number of nitrogens with zero attached hydrogens (tertiary/aromatic N) is 4. The molecule has 0 radical (unpaired) electrons. The maximum absolute atomic E-state index is 13.9. The Labute approximate surface area is 149 Å². The fraction of sp³-hybridized carbons (Fsp3) is 0.316. The average molecular weight is 356 g/mol. The summed E-state index contributed by atoms with van der Waals surface area (Å²) in [4.78, 5) is 18.5. The highest BCUT2D eigenvalue weighted by atomic mass is 19.1. The summed E-state index contributed by atoms with van der Waals surface area (Å²) < 4.78 is 28.8. The molecule has 4 rings (SSSR count). The summed E-state index contributed by atoms with van der Waals surface area (Å²) in [6, 6.07) is 6.95. The monoisotopic (exact) mass is 356 g/mol.